The van der Waals surface area contributed by atoms with Crippen molar-refractivity contribution in [2.75, 3.05) is 11.5 Å². The first kappa shape index (κ1) is 12.3. The second-order valence-corrected chi connectivity index (χ2v) is 5.32. The molecule has 0 aliphatic carbocycles. The van der Waals surface area contributed by atoms with Gasteiger partial charge < -0.3 is 9.84 Å². The molecule has 1 fully saturated rings. The van der Waals surface area contributed by atoms with Crippen LogP contribution in [0.1, 0.15) is 18.4 Å². The third-order valence-electron chi connectivity index (χ3n) is 2.68. The number of thioether (sulfide) groups is 1. The van der Waals surface area contributed by atoms with E-state index in [9.17, 15) is 4.79 Å². The van der Waals surface area contributed by atoms with Gasteiger partial charge in [-0.05, 0) is 36.3 Å². The standard InChI is InChI=1S/C13H16O3S/c14-13(15)8-10-3-1-4-11(7-10)16-12-5-2-6-17-9-12/h1,3-4,7,12H,2,5-6,8-9H2,(H,14,15). The molecule has 1 aromatic rings. The van der Waals surface area contributed by atoms with E-state index in [1.165, 1.54) is 12.2 Å². The van der Waals surface area contributed by atoms with Crippen LogP contribution in [-0.4, -0.2) is 28.7 Å². The summed E-state index contributed by atoms with van der Waals surface area (Å²) < 4.78 is 5.86. The van der Waals surface area contributed by atoms with Gasteiger partial charge in [-0.2, -0.15) is 11.8 Å². The predicted octanol–water partition coefficient (Wildman–Crippen LogP) is 2.59. The highest BCUT2D eigenvalue weighted by atomic mass is 32.2. The molecule has 1 aliphatic rings. The Labute approximate surface area is 105 Å². The van der Waals surface area contributed by atoms with Crippen molar-refractivity contribution in [3.63, 3.8) is 0 Å². The van der Waals surface area contributed by atoms with E-state index >= 15 is 0 Å². The lowest BCUT2D eigenvalue weighted by molar-refractivity contribution is -0.136. The zero-order chi connectivity index (χ0) is 12.1. The zero-order valence-corrected chi connectivity index (χ0v) is 10.4. The molecular weight excluding hydrogens is 236 g/mol. The molecule has 1 N–H and O–H groups in total. The molecule has 0 bridgehead atoms. The number of hydrogen-bond acceptors (Lipinski definition) is 3. The largest absolute Gasteiger partial charge is 0.490 e. The summed E-state index contributed by atoms with van der Waals surface area (Å²) in [4.78, 5) is 10.6. The van der Waals surface area contributed by atoms with Crippen LogP contribution in [0.3, 0.4) is 0 Å². The molecule has 4 heteroatoms. The van der Waals surface area contributed by atoms with Crippen LogP contribution < -0.4 is 4.74 Å². The first-order chi connectivity index (χ1) is 8.24. The highest BCUT2D eigenvalue weighted by Crippen LogP contribution is 2.23. The van der Waals surface area contributed by atoms with Gasteiger partial charge in [-0.25, -0.2) is 0 Å². The highest BCUT2D eigenvalue weighted by Gasteiger charge is 2.15. The lowest BCUT2D eigenvalue weighted by Gasteiger charge is -2.22. The minimum atomic E-state index is -0.810. The number of hydrogen-bond donors (Lipinski definition) is 1. The third kappa shape index (κ3) is 3.97. The van der Waals surface area contributed by atoms with Gasteiger partial charge in [0.15, 0.2) is 0 Å². The van der Waals surface area contributed by atoms with Crippen LogP contribution >= 0.6 is 11.8 Å². The number of aliphatic carboxylic acids is 1. The molecule has 1 heterocycles. The number of ether oxygens (including phenoxy) is 1. The van der Waals surface area contributed by atoms with E-state index in [1.807, 2.05) is 36.0 Å². The minimum Gasteiger partial charge on any atom is -0.490 e. The van der Waals surface area contributed by atoms with E-state index in [2.05, 4.69) is 0 Å². The van der Waals surface area contributed by atoms with Crippen molar-refractivity contribution in [1.82, 2.24) is 0 Å². The Morgan fingerprint density at radius 2 is 2.41 bits per heavy atom. The maximum Gasteiger partial charge on any atom is 0.307 e. The molecule has 0 saturated carbocycles. The smallest absolute Gasteiger partial charge is 0.307 e. The Hall–Kier alpha value is -1.16. The minimum absolute atomic E-state index is 0.0522. The van der Waals surface area contributed by atoms with E-state index in [0.29, 0.717) is 0 Å². The average Bonchev–Trinajstić information content (AvgIpc) is 2.30. The summed E-state index contributed by atoms with van der Waals surface area (Å²) in [5.74, 6) is 2.23. The van der Waals surface area contributed by atoms with Gasteiger partial charge in [0.1, 0.15) is 11.9 Å². The van der Waals surface area contributed by atoms with Crippen molar-refractivity contribution in [1.29, 1.82) is 0 Å². The summed E-state index contributed by atoms with van der Waals surface area (Å²) in [6, 6.07) is 7.39. The van der Waals surface area contributed by atoms with Gasteiger partial charge in [0.2, 0.25) is 0 Å². The number of carboxylic acids is 1. The lowest BCUT2D eigenvalue weighted by Crippen LogP contribution is -2.23. The molecule has 1 atom stereocenters. The SMILES string of the molecule is O=C(O)Cc1cccc(OC2CCCSC2)c1. The predicted molar refractivity (Wildman–Crippen MR) is 68.8 cm³/mol. The number of benzene rings is 1. The Morgan fingerprint density at radius 1 is 1.53 bits per heavy atom. The van der Waals surface area contributed by atoms with Crippen LogP contribution in [0.4, 0.5) is 0 Å². The Morgan fingerprint density at radius 3 is 3.12 bits per heavy atom. The quantitative estimate of drug-likeness (QED) is 0.894. The maximum absolute atomic E-state index is 10.6. The fourth-order valence-electron chi connectivity index (χ4n) is 1.90. The van der Waals surface area contributed by atoms with Gasteiger partial charge in [-0.15, -0.1) is 0 Å². The van der Waals surface area contributed by atoms with Crippen molar-refractivity contribution < 1.29 is 14.6 Å². The maximum atomic E-state index is 10.6. The third-order valence-corrected chi connectivity index (χ3v) is 3.86. The van der Waals surface area contributed by atoms with Crippen LogP contribution in [0.15, 0.2) is 24.3 Å². The van der Waals surface area contributed by atoms with Gasteiger partial charge in [-0.1, -0.05) is 12.1 Å². The number of carbonyl (C=O) groups is 1. The summed E-state index contributed by atoms with van der Waals surface area (Å²) in [5, 5.41) is 8.74. The summed E-state index contributed by atoms with van der Waals surface area (Å²) in [6.07, 6.45) is 2.62. The monoisotopic (exact) mass is 252 g/mol. The second-order valence-electron chi connectivity index (χ2n) is 4.17. The van der Waals surface area contributed by atoms with Crippen molar-refractivity contribution in [2.24, 2.45) is 0 Å². The molecule has 92 valence electrons. The molecule has 3 nitrogen and oxygen atoms in total. The van der Waals surface area contributed by atoms with E-state index in [4.69, 9.17) is 9.84 Å². The Bertz CT molecular complexity index is 386. The molecule has 0 radical (unpaired) electrons. The molecule has 1 aromatic carbocycles. The normalized spacial score (nSPS) is 19.9. The molecule has 0 spiro atoms. The summed E-state index contributed by atoms with van der Waals surface area (Å²) in [5.41, 5.74) is 0.790. The van der Waals surface area contributed by atoms with Crippen LogP contribution in [0.25, 0.3) is 0 Å². The molecule has 0 amide bonds. The molecule has 0 aromatic heterocycles. The average molecular weight is 252 g/mol. The fourth-order valence-corrected chi connectivity index (χ4v) is 2.94. The first-order valence-corrected chi connectivity index (χ1v) is 6.94. The van der Waals surface area contributed by atoms with Gasteiger partial charge in [0, 0.05) is 5.75 Å². The molecule has 1 unspecified atom stereocenters. The Kier molecular flexibility index (Phi) is 4.31. The summed E-state index contributed by atoms with van der Waals surface area (Å²) in [7, 11) is 0. The highest BCUT2D eigenvalue weighted by molar-refractivity contribution is 7.99. The zero-order valence-electron chi connectivity index (χ0n) is 9.59. The van der Waals surface area contributed by atoms with Crippen molar-refractivity contribution >= 4 is 17.7 Å². The number of carboxylic acid groups (broad SMARTS) is 1. The number of rotatable bonds is 4. The molecule has 2 rings (SSSR count). The van der Waals surface area contributed by atoms with Gasteiger partial charge >= 0.3 is 5.97 Å². The van der Waals surface area contributed by atoms with Crippen LogP contribution in [0.5, 0.6) is 5.75 Å². The van der Waals surface area contributed by atoms with Crippen molar-refractivity contribution in [2.45, 2.75) is 25.4 Å². The summed E-state index contributed by atoms with van der Waals surface area (Å²) in [6.45, 7) is 0. The lowest BCUT2D eigenvalue weighted by atomic mass is 10.1. The van der Waals surface area contributed by atoms with Crippen molar-refractivity contribution in [3.05, 3.63) is 29.8 Å². The van der Waals surface area contributed by atoms with E-state index in [1.54, 1.807) is 0 Å². The fraction of sp³-hybridized carbons (Fsp3) is 0.462. The Balaban J connectivity index is 1.97. The molecule has 1 saturated heterocycles. The van der Waals surface area contributed by atoms with Crippen LogP contribution in [-0.2, 0) is 11.2 Å². The molecule has 17 heavy (non-hydrogen) atoms. The van der Waals surface area contributed by atoms with E-state index in [0.717, 1.165) is 23.5 Å². The summed E-state index contributed by atoms with van der Waals surface area (Å²) >= 11 is 1.92. The van der Waals surface area contributed by atoms with Crippen molar-refractivity contribution in [3.8, 4) is 5.75 Å². The van der Waals surface area contributed by atoms with Crippen LogP contribution in [0.2, 0.25) is 0 Å². The van der Waals surface area contributed by atoms with Gasteiger partial charge in [-0.3, -0.25) is 4.79 Å². The second kappa shape index (κ2) is 5.96. The van der Waals surface area contributed by atoms with E-state index in [-0.39, 0.29) is 12.5 Å². The van der Waals surface area contributed by atoms with E-state index < -0.39 is 5.97 Å². The van der Waals surface area contributed by atoms with Gasteiger partial charge in [0.25, 0.3) is 0 Å². The molecular formula is C13H16O3S. The molecule has 1 aliphatic heterocycles. The first-order valence-electron chi connectivity index (χ1n) is 5.79. The van der Waals surface area contributed by atoms with Gasteiger partial charge in [0.05, 0.1) is 6.42 Å². The van der Waals surface area contributed by atoms with Crippen LogP contribution in [0, 0.1) is 0 Å². The topological polar surface area (TPSA) is 46.5 Å².